The van der Waals surface area contributed by atoms with Crippen LogP contribution >= 0.6 is 11.3 Å². The molecule has 0 saturated heterocycles. The number of anilines is 1. The lowest BCUT2D eigenvalue weighted by Gasteiger charge is -2.08. The maximum Gasteiger partial charge on any atom is 0.264 e. The zero-order chi connectivity index (χ0) is 19.2. The van der Waals surface area contributed by atoms with E-state index in [1.165, 1.54) is 16.9 Å². The maximum atomic E-state index is 12.7. The van der Waals surface area contributed by atoms with Gasteiger partial charge in [-0.15, -0.1) is 16.4 Å². The van der Waals surface area contributed by atoms with Gasteiger partial charge in [0.1, 0.15) is 0 Å². The van der Waals surface area contributed by atoms with E-state index in [0.29, 0.717) is 10.5 Å². The fraction of sp³-hybridized carbons (Fsp3) is 0.158. The number of benzene rings is 2. The average Bonchev–Trinajstić information content (AvgIpc) is 3.15. The minimum Gasteiger partial charge on any atom is -0.246 e. The molecule has 2 aromatic carbocycles. The second kappa shape index (κ2) is 6.47. The Morgan fingerprint density at radius 3 is 2.41 bits per heavy atom. The zero-order valence-electron chi connectivity index (χ0n) is 15.1. The monoisotopic (exact) mass is 398 g/mol. The van der Waals surface area contributed by atoms with Gasteiger partial charge in [0, 0.05) is 10.9 Å². The molecule has 0 atom stereocenters. The molecule has 6 nitrogen and oxygen atoms in total. The Balaban J connectivity index is 1.70. The van der Waals surface area contributed by atoms with Crippen LogP contribution in [-0.4, -0.2) is 23.0 Å². The van der Waals surface area contributed by atoms with Gasteiger partial charge in [-0.1, -0.05) is 47.5 Å². The standard InChI is InChI=1S/C19H18N4O2S2/c1-12-4-7-15(8-5-12)16-11-26-19-20-18(21-23(16)19)22-27(24,25)17-9-6-13(2)10-14(17)3/h4-11H,1-3H3,(H,21,22). The van der Waals surface area contributed by atoms with E-state index in [0.717, 1.165) is 16.8 Å². The van der Waals surface area contributed by atoms with Crippen molar-refractivity contribution in [2.45, 2.75) is 25.7 Å². The second-order valence-corrected chi connectivity index (χ2v) is 8.98. The Morgan fingerprint density at radius 1 is 1.00 bits per heavy atom. The minimum absolute atomic E-state index is 0.0650. The van der Waals surface area contributed by atoms with Crippen molar-refractivity contribution in [1.29, 1.82) is 0 Å². The fourth-order valence-electron chi connectivity index (χ4n) is 2.92. The molecular formula is C19H18N4O2S2. The first-order chi connectivity index (χ1) is 12.8. The van der Waals surface area contributed by atoms with E-state index in [1.54, 1.807) is 23.6 Å². The van der Waals surface area contributed by atoms with Crippen molar-refractivity contribution in [3.63, 3.8) is 0 Å². The second-order valence-electron chi connectivity index (χ2n) is 6.49. The molecule has 27 heavy (non-hydrogen) atoms. The van der Waals surface area contributed by atoms with Crippen molar-refractivity contribution in [2.24, 2.45) is 0 Å². The van der Waals surface area contributed by atoms with Crippen molar-refractivity contribution in [3.05, 3.63) is 64.5 Å². The third-order valence-electron chi connectivity index (χ3n) is 4.27. The van der Waals surface area contributed by atoms with Crippen molar-refractivity contribution in [2.75, 3.05) is 4.72 Å². The molecule has 0 unspecified atom stereocenters. The zero-order valence-corrected chi connectivity index (χ0v) is 16.7. The van der Waals surface area contributed by atoms with E-state index in [9.17, 15) is 8.42 Å². The number of hydrogen-bond donors (Lipinski definition) is 1. The van der Waals surface area contributed by atoms with Crippen molar-refractivity contribution < 1.29 is 8.42 Å². The Labute approximate surface area is 161 Å². The topological polar surface area (TPSA) is 76.4 Å². The molecule has 0 radical (unpaired) electrons. The molecule has 138 valence electrons. The molecule has 8 heteroatoms. The van der Waals surface area contributed by atoms with Gasteiger partial charge in [-0.2, -0.15) is 4.98 Å². The van der Waals surface area contributed by atoms with E-state index in [4.69, 9.17) is 0 Å². The van der Waals surface area contributed by atoms with Crippen LogP contribution in [0.3, 0.4) is 0 Å². The molecular weight excluding hydrogens is 380 g/mol. The van der Waals surface area contributed by atoms with Crippen LogP contribution in [0.5, 0.6) is 0 Å². The Morgan fingerprint density at radius 2 is 1.70 bits per heavy atom. The number of aromatic nitrogens is 3. The lowest BCUT2D eigenvalue weighted by atomic mass is 10.1. The van der Waals surface area contributed by atoms with Crippen molar-refractivity contribution in [1.82, 2.24) is 14.6 Å². The number of rotatable bonds is 4. The van der Waals surface area contributed by atoms with Gasteiger partial charge in [0.15, 0.2) is 0 Å². The molecule has 0 spiro atoms. The predicted octanol–water partition coefficient (Wildman–Crippen LogP) is 4.18. The van der Waals surface area contributed by atoms with Crippen LogP contribution in [0.4, 0.5) is 5.95 Å². The Hall–Kier alpha value is -2.71. The molecule has 0 aliphatic heterocycles. The smallest absolute Gasteiger partial charge is 0.246 e. The fourth-order valence-corrected chi connectivity index (χ4v) is 4.92. The number of aryl methyl sites for hydroxylation is 3. The highest BCUT2D eigenvalue weighted by molar-refractivity contribution is 7.92. The summed E-state index contributed by atoms with van der Waals surface area (Å²) in [5, 5.41) is 6.32. The Kier molecular flexibility index (Phi) is 4.24. The first kappa shape index (κ1) is 17.7. The van der Waals surface area contributed by atoms with E-state index < -0.39 is 10.0 Å². The lowest BCUT2D eigenvalue weighted by Crippen LogP contribution is -2.15. The van der Waals surface area contributed by atoms with Crippen LogP contribution in [0.1, 0.15) is 16.7 Å². The first-order valence-electron chi connectivity index (χ1n) is 8.35. The minimum atomic E-state index is -3.75. The SMILES string of the molecule is Cc1ccc(-c2csc3nc(NS(=O)(=O)c4ccc(C)cc4C)nn23)cc1. The molecule has 0 amide bonds. The number of fused-ring (bicyclic) bond motifs is 1. The van der Waals surface area contributed by atoms with Crippen LogP contribution in [0, 0.1) is 20.8 Å². The van der Waals surface area contributed by atoms with Crippen LogP contribution in [0.25, 0.3) is 16.2 Å². The molecule has 2 heterocycles. The number of nitrogens with one attached hydrogen (secondary N) is 1. The summed E-state index contributed by atoms with van der Waals surface area (Å²) >= 11 is 1.42. The number of nitrogens with zero attached hydrogens (tertiary/aromatic N) is 3. The van der Waals surface area contributed by atoms with E-state index >= 15 is 0 Å². The highest BCUT2D eigenvalue weighted by Crippen LogP contribution is 2.27. The van der Waals surface area contributed by atoms with Crippen molar-refractivity contribution >= 4 is 32.3 Å². The molecule has 4 rings (SSSR count). The van der Waals surface area contributed by atoms with Crippen LogP contribution in [-0.2, 0) is 10.0 Å². The van der Waals surface area contributed by atoms with Gasteiger partial charge in [0.05, 0.1) is 10.6 Å². The maximum absolute atomic E-state index is 12.7. The largest absolute Gasteiger partial charge is 0.264 e. The van der Waals surface area contributed by atoms with Gasteiger partial charge >= 0.3 is 0 Å². The van der Waals surface area contributed by atoms with Crippen LogP contribution in [0.2, 0.25) is 0 Å². The van der Waals surface area contributed by atoms with Gasteiger partial charge in [0.2, 0.25) is 4.96 Å². The van der Waals surface area contributed by atoms with Crippen LogP contribution in [0.15, 0.2) is 52.7 Å². The normalized spacial score (nSPS) is 11.8. The molecule has 0 saturated carbocycles. The summed E-state index contributed by atoms with van der Waals surface area (Å²) in [6.45, 7) is 5.73. The molecule has 1 N–H and O–H groups in total. The highest BCUT2D eigenvalue weighted by Gasteiger charge is 2.20. The van der Waals surface area contributed by atoms with Crippen LogP contribution < -0.4 is 4.72 Å². The third kappa shape index (κ3) is 3.33. The molecule has 2 aromatic heterocycles. The average molecular weight is 399 g/mol. The molecule has 0 fully saturated rings. The summed E-state index contributed by atoms with van der Waals surface area (Å²) in [6.07, 6.45) is 0. The molecule has 0 aliphatic carbocycles. The molecule has 4 aromatic rings. The Bertz CT molecular complexity index is 1240. The quantitative estimate of drug-likeness (QED) is 0.559. The van der Waals surface area contributed by atoms with E-state index in [1.807, 2.05) is 49.6 Å². The summed E-state index contributed by atoms with van der Waals surface area (Å²) < 4.78 is 29.6. The third-order valence-corrected chi connectivity index (χ3v) is 6.58. The number of sulfonamides is 1. The first-order valence-corrected chi connectivity index (χ1v) is 10.7. The predicted molar refractivity (Wildman–Crippen MR) is 108 cm³/mol. The highest BCUT2D eigenvalue weighted by atomic mass is 32.2. The summed E-state index contributed by atoms with van der Waals surface area (Å²) in [5.74, 6) is 0.0650. The van der Waals surface area contributed by atoms with E-state index in [-0.39, 0.29) is 10.8 Å². The molecule has 0 bridgehead atoms. The summed E-state index contributed by atoms with van der Waals surface area (Å²) in [7, 11) is -3.75. The number of thiazole rings is 1. The van der Waals surface area contributed by atoms with Gasteiger partial charge in [-0.3, -0.25) is 0 Å². The summed E-state index contributed by atoms with van der Waals surface area (Å²) in [5.41, 5.74) is 4.74. The van der Waals surface area contributed by atoms with E-state index in [2.05, 4.69) is 14.8 Å². The molecule has 0 aliphatic rings. The van der Waals surface area contributed by atoms with Gasteiger partial charge in [0.25, 0.3) is 16.0 Å². The van der Waals surface area contributed by atoms with Gasteiger partial charge in [-0.05, 0) is 32.4 Å². The van der Waals surface area contributed by atoms with Crippen molar-refractivity contribution in [3.8, 4) is 11.3 Å². The van der Waals surface area contributed by atoms with Gasteiger partial charge < -0.3 is 0 Å². The summed E-state index contributed by atoms with van der Waals surface area (Å²) in [6, 6.07) is 13.3. The summed E-state index contributed by atoms with van der Waals surface area (Å²) in [4.78, 5) is 5.17. The lowest BCUT2D eigenvalue weighted by molar-refractivity contribution is 0.600. The number of hydrogen-bond acceptors (Lipinski definition) is 5. The van der Waals surface area contributed by atoms with Gasteiger partial charge in [-0.25, -0.2) is 17.7 Å².